The van der Waals surface area contributed by atoms with E-state index in [0.717, 1.165) is 16.7 Å². The van der Waals surface area contributed by atoms with Gasteiger partial charge in [0.05, 0.1) is 0 Å². The summed E-state index contributed by atoms with van der Waals surface area (Å²) in [6, 6.07) is 4.55. The second-order valence-electron chi connectivity index (χ2n) is 4.25. The number of hydrazine groups is 1. The molecular weight excluding hydrogens is 326 g/mol. The summed E-state index contributed by atoms with van der Waals surface area (Å²) in [4.78, 5) is 11.8. The second kappa shape index (κ2) is 6.31. The third kappa shape index (κ3) is 3.23. The van der Waals surface area contributed by atoms with E-state index in [0.29, 0.717) is 11.9 Å². The summed E-state index contributed by atoms with van der Waals surface area (Å²) in [7, 11) is 2.02. The molecule has 5 nitrogen and oxygen atoms in total. The fourth-order valence-electron chi connectivity index (χ4n) is 1.77. The Morgan fingerprint density at radius 1 is 1.53 bits per heavy atom. The molecule has 3 N–H and O–H groups in total. The van der Waals surface area contributed by atoms with Crippen LogP contribution in [-0.4, -0.2) is 23.1 Å². The van der Waals surface area contributed by atoms with Crippen molar-refractivity contribution in [1.82, 2.24) is 9.97 Å². The van der Waals surface area contributed by atoms with E-state index >= 15 is 0 Å². The fourth-order valence-corrected chi connectivity index (χ4v) is 3.20. The average Bonchev–Trinajstić information content (AvgIpc) is 2.91. The van der Waals surface area contributed by atoms with Crippen LogP contribution in [0.4, 0.5) is 11.6 Å². The van der Waals surface area contributed by atoms with Gasteiger partial charge in [-0.3, -0.25) is 0 Å². The lowest BCUT2D eigenvalue weighted by Gasteiger charge is -2.26. The molecule has 7 heteroatoms. The standard InChI is InChI=1S/C12H16BrN5S/c1-8(6-9-4-3-5-19-9)18(2)12-10(13)11(17-14)15-7-16-12/h3-5,7-8H,6,14H2,1-2H3,(H,15,16,17). The Kier molecular flexibility index (Phi) is 4.73. The van der Waals surface area contributed by atoms with Crippen molar-refractivity contribution in [1.29, 1.82) is 0 Å². The average molecular weight is 342 g/mol. The lowest BCUT2D eigenvalue weighted by Crippen LogP contribution is -2.31. The van der Waals surface area contributed by atoms with Crippen LogP contribution in [0.15, 0.2) is 28.3 Å². The van der Waals surface area contributed by atoms with Gasteiger partial charge in [0.1, 0.15) is 16.6 Å². The third-order valence-electron chi connectivity index (χ3n) is 2.98. The van der Waals surface area contributed by atoms with Crippen molar-refractivity contribution in [3.63, 3.8) is 0 Å². The normalized spacial score (nSPS) is 12.2. The molecule has 0 aromatic carbocycles. The van der Waals surface area contributed by atoms with Crippen LogP contribution >= 0.6 is 27.3 Å². The maximum atomic E-state index is 5.42. The highest BCUT2D eigenvalue weighted by Gasteiger charge is 2.17. The minimum absolute atomic E-state index is 0.329. The maximum Gasteiger partial charge on any atom is 0.159 e. The van der Waals surface area contributed by atoms with Gasteiger partial charge in [0.2, 0.25) is 0 Å². The Bertz CT molecular complexity index is 531. The zero-order chi connectivity index (χ0) is 13.8. The van der Waals surface area contributed by atoms with Crippen LogP contribution in [0, 0.1) is 0 Å². The van der Waals surface area contributed by atoms with E-state index in [2.05, 4.69) is 60.7 Å². The highest BCUT2D eigenvalue weighted by molar-refractivity contribution is 9.10. The number of halogens is 1. The summed E-state index contributed by atoms with van der Waals surface area (Å²) in [6.45, 7) is 2.17. The number of nitrogens with zero attached hydrogens (tertiary/aromatic N) is 3. The zero-order valence-electron chi connectivity index (χ0n) is 10.8. The van der Waals surface area contributed by atoms with Crippen molar-refractivity contribution in [2.45, 2.75) is 19.4 Å². The van der Waals surface area contributed by atoms with E-state index in [1.54, 1.807) is 11.3 Å². The molecule has 0 bridgehead atoms. The van der Waals surface area contributed by atoms with E-state index in [9.17, 15) is 0 Å². The van der Waals surface area contributed by atoms with Crippen LogP contribution in [0.1, 0.15) is 11.8 Å². The first kappa shape index (κ1) is 14.2. The minimum atomic E-state index is 0.329. The molecule has 102 valence electrons. The van der Waals surface area contributed by atoms with Gasteiger partial charge in [-0.1, -0.05) is 6.07 Å². The van der Waals surface area contributed by atoms with Crippen LogP contribution in [-0.2, 0) is 6.42 Å². The van der Waals surface area contributed by atoms with Gasteiger partial charge >= 0.3 is 0 Å². The summed E-state index contributed by atoms with van der Waals surface area (Å²) in [5.41, 5.74) is 2.55. The monoisotopic (exact) mass is 341 g/mol. The fraction of sp³-hybridized carbons (Fsp3) is 0.333. The van der Waals surface area contributed by atoms with Gasteiger partial charge in [0.15, 0.2) is 5.82 Å². The van der Waals surface area contributed by atoms with E-state index in [1.165, 1.54) is 11.2 Å². The first-order valence-corrected chi connectivity index (χ1v) is 7.53. The molecule has 0 aliphatic rings. The molecule has 0 saturated carbocycles. The van der Waals surface area contributed by atoms with Crippen molar-refractivity contribution in [3.8, 4) is 0 Å². The number of nitrogens with one attached hydrogen (secondary N) is 1. The van der Waals surface area contributed by atoms with Gasteiger partial charge in [-0.05, 0) is 34.3 Å². The molecule has 2 heterocycles. The van der Waals surface area contributed by atoms with Crippen molar-refractivity contribution >= 4 is 38.9 Å². The quantitative estimate of drug-likeness (QED) is 0.646. The van der Waals surface area contributed by atoms with Crippen molar-refractivity contribution in [2.24, 2.45) is 5.84 Å². The Hall–Kier alpha value is -1.18. The molecule has 0 radical (unpaired) electrons. The van der Waals surface area contributed by atoms with Gasteiger partial charge in [-0.2, -0.15) is 0 Å². The Labute approximate surface area is 125 Å². The highest BCUT2D eigenvalue weighted by atomic mass is 79.9. The van der Waals surface area contributed by atoms with Crippen LogP contribution in [0.2, 0.25) is 0 Å². The number of nitrogens with two attached hydrogens (primary N) is 1. The second-order valence-corrected chi connectivity index (χ2v) is 6.07. The van der Waals surface area contributed by atoms with Crippen LogP contribution < -0.4 is 16.2 Å². The van der Waals surface area contributed by atoms with E-state index < -0.39 is 0 Å². The number of aromatic nitrogens is 2. The summed E-state index contributed by atoms with van der Waals surface area (Å²) < 4.78 is 0.776. The number of rotatable bonds is 5. The first-order chi connectivity index (χ1) is 9.13. The highest BCUT2D eigenvalue weighted by Crippen LogP contribution is 2.29. The number of likely N-dealkylation sites (N-methyl/N-ethyl adjacent to an activating group) is 1. The molecule has 0 aliphatic heterocycles. The number of anilines is 2. The molecule has 2 aromatic heterocycles. The van der Waals surface area contributed by atoms with Gasteiger partial charge in [-0.25, -0.2) is 15.8 Å². The Morgan fingerprint density at radius 2 is 2.32 bits per heavy atom. The van der Waals surface area contributed by atoms with Gasteiger partial charge in [-0.15, -0.1) is 11.3 Å². The summed E-state index contributed by atoms with van der Waals surface area (Å²) in [6.07, 6.45) is 2.49. The van der Waals surface area contributed by atoms with Crippen molar-refractivity contribution in [3.05, 3.63) is 33.2 Å². The molecule has 0 fully saturated rings. The van der Waals surface area contributed by atoms with E-state index in [-0.39, 0.29) is 0 Å². The third-order valence-corrected chi connectivity index (χ3v) is 4.61. The molecule has 1 atom stereocenters. The van der Waals surface area contributed by atoms with Crippen LogP contribution in [0.3, 0.4) is 0 Å². The topological polar surface area (TPSA) is 67.1 Å². The summed E-state index contributed by atoms with van der Waals surface area (Å²) in [5.74, 6) is 6.83. The Balaban J connectivity index is 2.16. The lowest BCUT2D eigenvalue weighted by atomic mass is 10.2. The number of nitrogen functional groups attached to an aromatic ring is 1. The van der Waals surface area contributed by atoms with Crippen molar-refractivity contribution < 1.29 is 0 Å². The van der Waals surface area contributed by atoms with Gasteiger partial charge in [0.25, 0.3) is 0 Å². The lowest BCUT2D eigenvalue weighted by molar-refractivity contribution is 0.678. The molecule has 19 heavy (non-hydrogen) atoms. The molecule has 0 aliphatic carbocycles. The first-order valence-electron chi connectivity index (χ1n) is 5.85. The van der Waals surface area contributed by atoms with Crippen molar-refractivity contribution in [2.75, 3.05) is 17.4 Å². The zero-order valence-corrected chi connectivity index (χ0v) is 13.2. The van der Waals surface area contributed by atoms with Gasteiger partial charge < -0.3 is 10.3 Å². The summed E-state index contributed by atoms with van der Waals surface area (Å²) in [5, 5.41) is 2.10. The molecular formula is C12H16BrN5S. The molecule has 1 unspecified atom stereocenters. The summed E-state index contributed by atoms with van der Waals surface area (Å²) >= 11 is 5.25. The van der Waals surface area contributed by atoms with Crippen LogP contribution in [0.5, 0.6) is 0 Å². The molecule has 2 aromatic rings. The smallest absolute Gasteiger partial charge is 0.159 e. The maximum absolute atomic E-state index is 5.42. The minimum Gasteiger partial charge on any atom is -0.356 e. The van der Waals surface area contributed by atoms with E-state index in [4.69, 9.17) is 5.84 Å². The SMILES string of the molecule is CC(Cc1cccs1)N(C)c1ncnc(NN)c1Br. The molecule has 0 spiro atoms. The van der Waals surface area contributed by atoms with Gasteiger partial charge in [0, 0.05) is 24.4 Å². The predicted molar refractivity (Wildman–Crippen MR) is 83.4 cm³/mol. The molecule has 0 amide bonds. The molecule has 0 saturated heterocycles. The van der Waals surface area contributed by atoms with Crippen LogP contribution in [0.25, 0.3) is 0 Å². The molecule has 2 rings (SSSR count). The number of hydrogen-bond acceptors (Lipinski definition) is 6. The number of hydrogen-bond donors (Lipinski definition) is 2. The van der Waals surface area contributed by atoms with E-state index in [1.807, 2.05) is 7.05 Å². The Morgan fingerprint density at radius 3 is 2.95 bits per heavy atom. The largest absolute Gasteiger partial charge is 0.356 e. The predicted octanol–water partition coefficient (Wildman–Crippen LogP) is 2.65. The number of thiophene rings is 1.